The Kier molecular flexibility index (Phi) is 8.68. The molecule has 0 saturated carbocycles. The van der Waals surface area contributed by atoms with Crippen LogP contribution in [0.25, 0.3) is 0 Å². The second-order valence-corrected chi connectivity index (χ2v) is 6.84. The van der Waals surface area contributed by atoms with Crippen LogP contribution in [0, 0.1) is 5.92 Å². The van der Waals surface area contributed by atoms with Gasteiger partial charge in [-0.15, -0.1) is 0 Å². The van der Waals surface area contributed by atoms with Gasteiger partial charge in [-0.3, -0.25) is 4.99 Å². The largest absolute Gasteiger partial charge is 0.478 e. The minimum atomic E-state index is 0.693. The predicted octanol–water partition coefficient (Wildman–Crippen LogP) is 2.61. The molecule has 2 rings (SSSR count). The van der Waals surface area contributed by atoms with Crippen molar-refractivity contribution in [1.29, 1.82) is 0 Å². The third-order valence-electron chi connectivity index (χ3n) is 4.91. The molecule has 0 spiro atoms. The summed E-state index contributed by atoms with van der Waals surface area (Å²) in [7, 11) is 1.86. The standard InChI is InChI=1S/C20H35N5O/c1-5-12-26-19-9-8-17(13-22-19)14-23-20(21-4)25-11-10-18(16-25)15-24(6-2)7-3/h8-9,13,18H,5-7,10-12,14-16H2,1-4H3,(H,21,23). The van der Waals surface area contributed by atoms with Gasteiger partial charge in [0.25, 0.3) is 0 Å². The average Bonchev–Trinajstić information content (AvgIpc) is 3.14. The molecule has 1 aliphatic heterocycles. The second kappa shape index (κ2) is 11.0. The number of likely N-dealkylation sites (tertiary alicyclic amines) is 1. The Balaban J connectivity index is 1.81. The van der Waals surface area contributed by atoms with E-state index in [9.17, 15) is 0 Å². The zero-order valence-electron chi connectivity index (χ0n) is 16.9. The van der Waals surface area contributed by atoms with Crippen LogP contribution in [-0.2, 0) is 6.54 Å². The molecule has 1 unspecified atom stereocenters. The van der Waals surface area contributed by atoms with Crippen LogP contribution in [0.1, 0.15) is 39.2 Å². The van der Waals surface area contributed by atoms with Gasteiger partial charge in [0.1, 0.15) is 0 Å². The molecule has 1 aromatic rings. The van der Waals surface area contributed by atoms with Crippen LogP contribution in [0.2, 0.25) is 0 Å². The molecule has 0 aliphatic carbocycles. The molecule has 0 radical (unpaired) electrons. The SMILES string of the molecule is CCCOc1ccc(CNC(=NC)N2CCC(CN(CC)CC)C2)cn1. The molecule has 6 nitrogen and oxygen atoms in total. The maximum atomic E-state index is 5.53. The first kappa shape index (κ1) is 20.5. The van der Waals surface area contributed by atoms with Gasteiger partial charge < -0.3 is 19.9 Å². The summed E-state index contributed by atoms with van der Waals surface area (Å²) >= 11 is 0. The van der Waals surface area contributed by atoms with E-state index in [-0.39, 0.29) is 0 Å². The number of nitrogens with zero attached hydrogens (tertiary/aromatic N) is 4. The Hall–Kier alpha value is -1.82. The fourth-order valence-corrected chi connectivity index (χ4v) is 3.34. The summed E-state index contributed by atoms with van der Waals surface area (Å²) in [5.74, 6) is 2.40. The Labute approximate surface area is 158 Å². The van der Waals surface area contributed by atoms with Crippen LogP contribution in [0.3, 0.4) is 0 Å². The number of ether oxygens (including phenoxy) is 1. The van der Waals surface area contributed by atoms with Gasteiger partial charge in [-0.25, -0.2) is 4.98 Å². The molecule has 0 amide bonds. The van der Waals surface area contributed by atoms with E-state index in [1.807, 2.05) is 19.3 Å². The molecule has 2 heterocycles. The van der Waals surface area contributed by atoms with Gasteiger partial charge in [0.2, 0.25) is 5.88 Å². The summed E-state index contributed by atoms with van der Waals surface area (Å²) < 4.78 is 5.53. The molecule has 1 aromatic heterocycles. The van der Waals surface area contributed by atoms with Crippen molar-refractivity contribution in [3.8, 4) is 5.88 Å². The molecule has 0 aromatic carbocycles. The van der Waals surface area contributed by atoms with Crippen molar-refractivity contribution in [3.05, 3.63) is 23.9 Å². The van der Waals surface area contributed by atoms with Gasteiger partial charge in [-0.1, -0.05) is 26.8 Å². The minimum absolute atomic E-state index is 0.693. The Morgan fingerprint density at radius 1 is 1.35 bits per heavy atom. The van der Waals surface area contributed by atoms with Gasteiger partial charge in [-0.05, 0) is 37.4 Å². The highest BCUT2D eigenvalue weighted by Crippen LogP contribution is 2.18. The molecular formula is C20H35N5O. The number of aromatic nitrogens is 1. The quantitative estimate of drug-likeness (QED) is 0.541. The Bertz CT molecular complexity index is 542. The topological polar surface area (TPSA) is 53.0 Å². The van der Waals surface area contributed by atoms with E-state index in [0.29, 0.717) is 12.5 Å². The summed E-state index contributed by atoms with van der Waals surface area (Å²) in [6, 6.07) is 4.00. The third-order valence-corrected chi connectivity index (χ3v) is 4.91. The lowest BCUT2D eigenvalue weighted by molar-refractivity contribution is 0.255. The summed E-state index contributed by atoms with van der Waals surface area (Å²) in [6.45, 7) is 13.6. The van der Waals surface area contributed by atoms with E-state index >= 15 is 0 Å². The highest BCUT2D eigenvalue weighted by Gasteiger charge is 2.25. The van der Waals surface area contributed by atoms with Crippen molar-refractivity contribution in [1.82, 2.24) is 20.1 Å². The van der Waals surface area contributed by atoms with Crippen LogP contribution < -0.4 is 10.1 Å². The first-order valence-corrected chi connectivity index (χ1v) is 9.95. The van der Waals surface area contributed by atoms with Crippen molar-refractivity contribution in [2.75, 3.05) is 46.4 Å². The van der Waals surface area contributed by atoms with Gasteiger partial charge in [0.05, 0.1) is 6.61 Å². The summed E-state index contributed by atoms with van der Waals surface area (Å²) in [5.41, 5.74) is 1.13. The highest BCUT2D eigenvalue weighted by molar-refractivity contribution is 5.80. The monoisotopic (exact) mass is 361 g/mol. The maximum absolute atomic E-state index is 5.53. The molecule has 1 saturated heterocycles. The number of nitrogens with one attached hydrogen (secondary N) is 1. The first-order valence-electron chi connectivity index (χ1n) is 9.95. The molecule has 0 bridgehead atoms. The molecule has 26 heavy (non-hydrogen) atoms. The van der Waals surface area contributed by atoms with Crippen molar-refractivity contribution < 1.29 is 4.74 Å². The third kappa shape index (κ3) is 6.16. The van der Waals surface area contributed by atoms with E-state index in [1.165, 1.54) is 13.0 Å². The number of guanidine groups is 1. The molecule has 146 valence electrons. The first-order chi connectivity index (χ1) is 12.7. The van der Waals surface area contributed by atoms with Gasteiger partial charge in [0, 0.05) is 45.5 Å². The number of hydrogen-bond donors (Lipinski definition) is 1. The van der Waals surface area contributed by atoms with E-state index in [4.69, 9.17) is 4.74 Å². The van der Waals surface area contributed by atoms with Gasteiger partial charge in [0.15, 0.2) is 5.96 Å². The number of hydrogen-bond acceptors (Lipinski definition) is 4. The fraction of sp³-hybridized carbons (Fsp3) is 0.700. The molecule has 1 N–H and O–H groups in total. The lowest BCUT2D eigenvalue weighted by atomic mass is 10.1. The van der Waals surface area contributed by atoms with E-state index in [2.05, 4.69) is 51.9 Å². The van der Waals surface area contributed by atoms with Crippen LogP contribution >= 0.6 is 0 Å². The molecular weight excluding hydrogens is 326 g/mol. The van der Waals surface area contributed by atoms with Crippen molar-refractivity contribution in [2.24, 2.45) is 10.9 Å². The maximum Gasteiger partial charge on any atom is 0.213 e. The molecule has 1 fully saturated rings. The normalized spacial score (nSPS) is 17.8. The summed E-state index contributed by atoms with van der Waals surface area (Å²) in [4.78, 5) is 13.7. The zero-order chi connectivity index (χ0) is 18.8. The predicted molar refractivity (Wildman–Crippen MR) is 108 cm³/mol. The second-order valence-electron chi connectivity index (χ2n) is 6.84. The molecule has 1 atom stereocenters. The summed E-state index contributed by atoms with van der Waals surface area (Å²) in [6.07, 6.45) is 4.10. The van der Waals surface area contributed by atoms with E-state index in [1.54, 1.807) is 0 Å². The van der Waals surface area contributed by atoms with Gasteiger partial charge >= 0.3 is 0 Å². The number of aliphatic imine (C=N–C) groups is 1. The zero-order valence-corrected chi connectivity index (χ0v) is 16.9. The highest BCUT2D eigenvalue weighted by atomic mass is 16.5. The van der Waals surface area contributed by atoms with Crippen molar-refractivity contribution in [2.45, 2.75) is 40.2 Å². The van der Waals surface area contributed by atoms with Crippen LogP contribution in [-0.4, -0.2) is 67.1 Å². The number of rotatable bonds is 9. The Morgan fingerprint density at radius 2 is 2.15 bits per heavy atom. The summed E-state index contributed by atoms with van der Waals surface area (Å²) in [5, 5.41) is 3.47. The minimum Gasteiger partial charge on any atom is -0.478 e. The van der Waals surface area contributed by atoms with Crippen molar-refractivity contribution in [3.63, 3.8) is 0 Å². The number of pyridine rings is 1. The van der Waals surface area contributed by atoms with E-state index in [0.717, 1.165) is 56.6 Å². The molecule has 1 aliphatic rings. The molecule has 6 heteroatoms. The average molecular weight is 362 g/mol. The van der Waals surface area contributed by atoms with E-state index < -0.39 is 0 Å². The van der Waals surface area contributed by atoms with Gasteiger partial charge in [-0.2, -0.15) is 0 Å². The van der Waals surface area contributed by atoms with Crippen LogP contribution in [0.4, 0.5) is 0 Å². The smallest absolute Gasteiger partial charge is 0.213 e. The van der Waals surface area contributed by atoms with Crippen LogP contribution in [0.15, 0.2) is 23.3 Å². The Morgan fingerprint density at radius 3 is 2.77 bits per heavy atom. The lowest BCUT2D eigenvalue weighted by Crippen LogP contribution is -2.40. The van der Waals surface area contributed by atoms with Crippen molar-refractivity contribution >= 4 is 5.96 Å². The lowest BCUT2D eigenvalue weighted by Gasteiger charge is -2.24. The fourth-order valence-electron chi connectivity index (χ4n) is 3.34. The van der Waals surface area contributed by atoms with Crippen LogP contribution in [0.5, 0.6) is 5.88 Å².